The average molecular weight is 322 g/mol. The smallest absolute Gasteiger partial charge is 0.234 e. The van der Waals surface area contributed by atoms with Crippen LogP contribution in [0.5, 0.6) is 0 Å². The zero-order valence-electron chi connectivity index (χ0n) is 12.9. The van der Waals surface area contributed by atoms with E-state index in [4.69, 9.17) is 17.3 Å². The number of nitrogens with zero attached hydrogens (tertiary/aromatic N) is 1. The van der Waals surface area contributed by atoms with E-state index in [2.05, 4.69) is 22.3 Å². The SMILES string of the molecule is NC[C@]1(c2cccc(Cl)c2)CC[C@H](N2CCNC(=O)C2)CC1. The van der Waals surface area contributed by atoms with E-state index in [1.54, 1.807) is 0 Å². The molecule has 2 aliphatic rings. The number of amides is 1. The van der Waals surface area contributed by atoms with Gasteiger partial charge < -0.3 is 11.1 Å². The summed E-state index contributed by atoms with van der Waals surface area (Å²) in [6, 6.07) is 8.63. The van der Waals surface area contributed by atoms with Crippen LogP contribution in [0.4, 0.5) is 0 Å². The Morgan fingerprint density at radius 1 is 1.36 bits per heavy atom. The third-order valence-electron chi connectivity index (χ3n) is 5.32. The van der Waals surface area contributed by atoms with Crippen molar-refractivity contribution in [3.63, 3.8) is 0 Å². The Balaban J connectivity index is 1.70. The highest BCUT2D eigenvalue weighted by molar-refractivity contribution is 6.30. The number of carbonyl (C=O) groups is 1. The Morgan fingerprint density at radius 2 is 2.14 bits per heavy atom. The molecule has 22 heavy (non-hydrogen) atoms. The molecule has 3 N–H and O–H groups in total. The summed E-state index contributed by atoms with van der Waals surface area (Å²) in [4.78, 5) is 13.9. The molecule has 0 unspecified atom stereocenters. The van der Waals surface area contributed by atoms with E-state index in [0.717, 1.165) is 43.8 Å². The number of hydrogen-bond acceptors (Lipinski definition) is 3. The number of hydrogen-bond donors (Lipinski definition) is 2. The van der Waals surface area contributed by atoms with Crippen molar-refractivity contribution in [3.05, 3.63) is 34.9 Å². The van der Waals surface area contributed by atoms with Crippen molar-refractivity contribution in [1.29, 1.82) is 0 Å². The Hall–Kier alpha value is -1.10. The Bertz CT molecular complexity index is 540. The lowest BCUT2D eigenvalue weighted by molar-refractivity contribution is -0.125. The van der Waals surface area contributed by atoms with Gasteiger partial charge in [0.1, 0.15) is 0 Å². The summed E-state index contributed by atoms with van der Waals surface area (Å²) in [6.07, 6.45) is 4.31. The molecule has 1 aromatic rings. The van der Waals surface area contributed by atoms with E-state index in [-0.39, 0.29) is 11.3 Å². The fraction of sp³-hybridized carbons (Fsp3) is 0.588. The molecular formula is C17H24ClN3O. The van der Waals surface area contributed by atoms with Gasteiger partial charge in [0.25, 0.3) is 0 Å². The number of benzene rings is 1. The molecule has 0 spiro atoms. The number of carbonyl (C=O) groups excluding carboxylic acids is 1. The minimum Gasteiger partial charge on any atom is -0.354 e. The maximum absolute atomic E-state index is 11.6. The van der Waals surface area contributed by atoms with Crippen LogP contribution in [-0.4, -0.2) is 43.0 Å². The molecule has 1 aliphatic carbocycles. The quantitative estimate of drug-likeness (QED) is 0.894. The first-order valence-electron chi connectivity index (χ1n) is 8.10. The molecule has 4 nitrogen and oxygen atoms in total. The van der Waals surface area contributed by atoms with E-state index in [1.807, 2.05) is 12.1 Å². The van der Waals surface area contributed by atoms with Crippen LogP contribution in [0.15, 0.2) is 24.3 Å². The molecule has 1 saturated heterocycles. The molecule has 5 heteroatoms. The van der Waals surface area contributed by atoms with Crippen molar-refractivity contribution in [2.75, 3.05) is 26.2 Å². The molecule has 0 aromatic heterocycles. The molecule has 1 heterocycles. The Kier molecular flexibility index (Phi) is 4.71. The average Bonchev–Trinajstić information content (AvgIpc) is 2.55. The van der Waals surface area contributed by atoms with Gasteiger partial charge in [0.15, 0.2) is 0 Å². The summed E-state index contributed by atoms with van der Waals surface area (Å²) in [5, 5.41) is 3.67. The van der Waals surface area contributed by atoms with E-state index in [0.29, 0.717) is 19.1 Å². The van der Waals surface area contributed by atoms with Crippen LogP contribution in [0, 0.1) is 0 Å². The molecule has 2 fully saturated rings. The minimum absolute atomic E-state index is 0.0411. The molecule has 1 amide bonds. The predicted octanol–water partition coefficient (Wildman–Crippen LogP) is 1.91. The van der Waals surface area contributed by atoms with Crippen molar-refractivity contribution in [3.8, 4) is 0 Å². The normalized spacial score (nSPS) is 30.1. The lowest BCUT2D eigenvalue weighted by Crippen LogP contribution is -2.53. The highest BCUT2D eigenvalue weighted by Crippen LogP contribution is 2.40. The van der Waals surface area contributed by atoms with Gasteiger partial charge in [-0.1, -0.05) is 23.7 Å². The van der Waals surface area contributed by atoms with Gasteiger partial charge in [-0.15, -0.1) is 0 Å². The highest BCUT2D eigenvalue weighted by Gasteiger charge is 2.38. The second-order valence-electron chi connectivity index (χ2n) is 6.55. The number of halogens is 1. The molecule has 1 aliphatic heterocycles. The molecule has 0 bridgehead atoms. The summed E-state index contributed by atoms with van der Waals surface area (Å²) in [5.74, 6) is 0.150. The molecule has 3 rings (SSSR count). The number of nitrogens with two attached hydrogens (primary N) is 1. The van der Waals surface area contributed by atoms with Gasteiger partial charge in [-0.3, -0.25) is 9.69 Å². The van der Waals surface area contributed by atoms with E-state index < -0.39 is 0 Å². The predicted molar refractivity (Wildman–Crippen MR) is 89.0 cm³/mol. The number of rotatable bonds is 3. The number of piperazine rings is 1. The number of nitrogens with one attached hydrogen (secondary N) is 1. The maximum Gasteiger partial charge on any atom is 0.234 e. The van der Waals surface area contributed by atoms with Gasteiger partial charge in [-0.05, 0) is 43.4 Å². The fourth-order valence-corrected chi connectivity index (χ4v) is 4.11. The zero-order chi connectivity index (χ0) is 15.6. The maximum atomic E-state index is 11.6. The van der Waals surface area contributed by atoms with Crippen molar-refractivity contribution in [2.45, 2.75) is 37.1 Å². The third kappa shape index (κ3) is 3.14. The van der Waals surface area contributed by atoms with Crippen LogP contribution in [0.3, 0.4) is 0 Å². The third-order valence-corrected chi connectivity index (χ3v) is 5.56. The van der Waals surface area contributed by atoms with E-state index in [1.165, 1.54) is 5.56 Å². The Morgan fingerprint density at radius 3 is 2.77 bits per heavy atom. The first-order chi connectivity index (χ1) is 10.6. The van der Waals surface area contributed by atoms with Gasteiger partial charge >= 0.3 is 0 Å². The lowest BCUT2D eigenvalue weighted by atomic mass is 9.68. The van der Waals surface area contributed by atoms with Crippen molar-refractivity contribution >= 4 is 17.5 Å². The van der Waals surface area contributed by atoms with Crippen molar-refractivity contribution in [1.82, 2.24) is 10.2 Å². The largest absolute Gasteiger partial charge is 0.354 e. The zero-order valence-corrected chi connectivity index (χ0v) is 13.6. The second-order valence-corrected chi connectivity index (χ2v) is 6.98. The first kappa shape index (κ1) is 15.8. The molecule has 1 saturated carbocycles. The van der Waals surface area contributed by atoms with Gasteiger partial charge in [0, 0.05) is 36.1 Å². The van der Waals surface area contributed by atoms with Gasteiger partial charge in [0.05, 0.1) is 6.54 Å². The molecule has 1 aromatic carbocycles. The van der Waals surface area contributed by atoms with Crippen LogP contribution in [0.1, 0.15) is 31.2 Å². The van der Waals surface area contributed by atoms with E-state index in [9.17, 15) is 4.79 Å². The molecular weight excluding hydrogens is 298 g/mol. The highest BCUT2D eigenvalue weighted by atomic mass is 35.5. The summed E-state index contributed by atoms with van der Waals surface area (Å²) in [7, 11) is 0. The van der Waals surface area contributed by atoms with Gasteiger partial charge in [-0.2, -0.15) is 0 Å². The molecule has 120 valence electrons. The fourth-order valence-electron chi connectivity index (χ4n) is 3.92. The van der Waals surface area contributed by atoms with Crippen LogP contribution in [0.2, 0.25) is 5.02 Å². The molecule has 0 radical (unpaired) electrons. The van der Waals surface area contributed by atoms with Crippen LogP contribution >= 0.6 is 11.6 Å². The van der Waals surface area contributed by atoms with Crippen LogP contribution < -0.4 is 11.1 Å². The van der Waals surface area contributed by atoms with Crippen molar-refractivity contribution in [2.24, 2.45) is 5.73 Å². The van der Waals surface area contributed by atoms with Crippen molar-refractivity contribution < 1.29 is 4.79 Å². The topological polar surface area (TPSA) is 58.4 Å². The van der Waals surface area contributed by atoms with E-state index >= 15 is 0 Å². The summed E-state index contributed by atoms with van der Waals surface area (Å²) in [5.41, 5.74) is 7.45. The minimum atomic E-state index is 0.0411. The van der Waals surface area contributed by atoms with Crippen LogP contribution in [0.25, 0.3) is 0 Å². The monoisotopic (exact) mass is 321 g/mol. The Labute approximate surface area is 137 Å². The molecule has 0 atom stereocenters. The van der Waals surface area contributed by atoms with Crippen LogP contribution in [-0.2, 0) is 10.2 Å². The standard InChI is InChI=1S/C17H24ClN3O/c18-14-3-1-2-13(10-14)17(12-19)6-4-15(5-7-17)21-9-8-20-16(22)11-21/h1-3,10,15H,4-9,11-12,19H2,(H,20,22)/t15-,17-. The summed E-state index contributed by atoms with van der Waals surface area (Å²) < 4.78 is 0. The first-order valence-corrected chi connectivity index (χ1v) is 8.48. The summed E-state index contributed by atoms with van der Waals surface area (Å²) >= 11 is 6.16. The van der Waals surface area contributed by atoms with Gasteiger partial charge in [0.2, 0.25) is 5.91 Å². The van der Waals surface area contributed by atoms with Gasteiger partial charge in [-0.25, -0.2) is 0 Å². The lowest BCUT2D eigenvalue weighted by Gasteiger charge is -2.44. The summed E-state index contributed by atoms with van der Waals surface area (Å²) in [6.45, 7) is 2.92. The second kappa shape index (κ2) is 6.57.